The van der Waals surface area contributed by atoms with Gasteiger partial charge in [-0.2, -0.15) is 4.98 Å². The van der Waals surface area contributed by atoms with Gasteiger partial charge in [0.2, 0.25) is 5.95 Å². The van der Waals surface area contributed by atoms with Crippen molar-refractivity contribution < 1.29 is 9.53 Å². The van der Waals surface area contributed by atoms with Gasteiger partial charge < -0.3 is 10.1 Å². The van der Waals surface area contributed by atoms with Crippen molar-refractivity contribution >= 4 is 17.9 Å². The van der Waals surface area contributed by atoms with Gasteiger partial charge in [0, 0.05) is 51.5 Å². The number of rotatable bonds is 10. The first-order chi connectivity index (χ1) is 17.6. The fourth-order valence-corrected chi connectivity index (χ4v) is 5.27. The molecule has 36 heavy (non-hydrogen) atoms. The molecule has 0 radical (unpaired) electrons. The maximum atomic E-state index is 12.1. The van der Waals surface area contributed by atoms with Crippen molar-refractivity contribution in [3.05, 3.63) is 59.8 Å². The topological polar surface area (TPSA) is 73.8 Å². The normalized spacial score (nSPS) is 20.4. The molecule has 2 fully saturated rings. The molecule has 2 atom stereocenters. The number of carbonyl (C=O) groups excluding carboxylic acids is 1. The molecule has 8 heteroatoms. The minimum atomic E-state index is -0.360. The molecule has 0 bridgehead atoms. The zero-order valence-electron chi connectivity index (χ0n) is 21.5. The molecule has 1 N–H and O–H groups in total. The standard InChI is InChI=1S/C28H38N6O2/c1-4-12-32-13-15-33(16-14-32)25(17-21-6-7-21)23-10-8-22(9-11-23)20(3)30-27-29-18-24-19-36-28(35)34(5-2)26(24)31-27/h4,8-11,18,20-21,25H,1,5-7,12-17,19H2,2-3H3,(H,29,30,31)/t20-,25+/m0/s1. The highest BCUT2D eigenvalue weighted by Gasteiger charge is 2.31. The number of carbonyl (C=O) groups is 1. The summed E-state index contributed by atoms with van der Waals surface area (Å²) >= 11 is 0. The fourth-order valence-electron chi connectivity index (χ4n) is 5.27. The molecule has 192 valence electrons. The molecule has 1 saturated carbocycles. The molecular weight excluding hydrogens is 452 g/mol. The van der Waals surface area contributed by atoms with E-state index in [-0.39, 0.29) is 18.7 Å². The lowest BCUT2D eigenvalue weighted by atomic mass is 9.96. The van der Waals surface area contributed by atoms with Gasteiger partial charge in [-0.05, 0) is 37.3 Å². The van der Waals surface area contributed by atoms with Crippen LogP contribution in [0.4, 0.5) is 16.6 Å². The van der Waals surface area contributed by atoms with Crippen LogP contribution >= 0.6 is 0 Å². The quantitative estimate of drug-likeness (QED) is 0.481. The van der Waals surface area contributed by atoms with Gasteiger partial charge in [-0.15, -0.1) is 6.58 Å². The van der Waals surface area contributed by atoms with Gasteiger partial charge >= 0.3 is 6.09 Å². The third kappa shape index (κ3) is 5.55. The van der Waals surface area contributed by atoms with E-state index in [1.165, 1.54) is 30.4 Å². The zero-order chi connectivity index (χ0) is 25.1. The molecule has 3 aliphatic rings. The second-order valence-corrected chi connectivity index (χ2v) is 10.2. The average Bonchev–Trinajstić information content (AvgIpc) is 3.72. The number of nitrogens with zero attached hydrogens (tertiary/aromatic N) is 5. The van der Waals surface area contributed by atoms with Crippen LogP contribution in [0, 0.1) is 5.92 Å². The molecule has 1 aliphatic carbocycles. The van der Waals surface area contributed by atoms with E-state index >= 15 is 0 Å². The molecule has 2 aliphatic heterocycles. The van der Waals surface area contributed by atoms with E-state index in [0.29, 0.717) is 24.4 Å². The van der Waals surface area contributed by atoms with Gasteiger partial charge in [0.25, 0.3) is 0 Å². The molecule has 1 aromatic heterocycles. The SMILES string of the molecule is C=CCN1CCN([C@H](CC2CC2)c2ccc([C@H](C)Nc3ncc4c(n3)N(CC)C(=O)OC4)cc2)CC1. The summed E-state index contributed by atoms with van der Waals surface area (Å²) in [5.41, 5.74) is 3.43. The number of hydrogen-bond donors (Lipinski definition) is 1. The van der Waals surface area contributed by atoms with Crippen LogP contribution < -0.4 is 10.2 Å². The molecule has 1 amide bonds. The van der Waals surface area contributed by atoms with Crippen LogP contribution in [0.2, 0.25) is 0 Å². The van der Waals surface area contributed by atoms with Crippen LogP contribution in [0.1, 0.15) is 61.9 Å². The predicted octanol–water partition coefficient (Wildman–Crippen LogP) is 4.77. The van der Waals surface area contributed by atoms with Crippen LogP contribution in [0.3, 0.4) is 0 Å². The Morgan fingerprint density at radius 3 is 2.56 bits per heavy atom. The Morgan fingerprint density at radius 2 is 1.89 bits per heavy atom. The summed E-state index contributed by atoms with van der Waals surface area (Å²) in [6, 6.07) is 9.60. The third-order valence-electron chi connectivity index (χ3n) is 7.64. The summed E-state index contributed by atoms with van der Waals surface area (Å²) in [4.78, 5) is 27.9. The Bertz CT molecular complexity index is 1060. The number of fused-ring (bicyclic) bond motifs is 1. The smallest absolute Gasteiger partial charge is 0.415 e. The van der Waals surface area contributed by atoms with Crippen LogP contribution in [-0.2, 0) is 11.3 Å². The van der Waals surface area contributed by atoms with E-state index < -0.39 is 0 Å². The Kier molecular flexibility index (Phi) is 7.53. The maximum Gasteiger partial charge on any atom is 0.415 e. The summed E-state index contributed by atoms with van der Waals surface area (Å²) in [7, 11) is 0. The van der Waals surface area contributed by atoms with Gasteiger partial charge in [-0.25, -0.2) is 9.78 Å². The summed E-state index contributed by atoms with van der Waals surface area (Å²) in [6.45, 7) is 14.1. The number of benzene rings is 1. The first-order valence-electron chi connectivity index (χ1n) is 13.3. The number of piperazine rings is 1. The molecular formula is C28H38N6O2. The highest BCUT2D eigenvalue weighted by Crippen LogP contribution is 2.40. The third-order valence-corrected chi connectivity index (χ3v) is 7.64. The maximum absolute atomic E-state index is 12.1. The van der Waals surface area contributed by atoms with Gasteiger partial charge in [0.1, 0.15) is 12.4 Å². The molecule has 5 rings (SSSR count). The summed E-state index contributed by atoms with van der Waals surface area (Å²) in [5.74, 6) is 2.02. The van der Waals surface area contributed by atoms with Gasteiger partial charge in [0.05, 0.1) is 11.6 Å². The molecule has 1 aromatic carbocycles. The monoisotopic (exact) mass is 490 g/mol. The van der Waals surface area contributed by atoms with E-state index in [1.54, 1.807) is 11.1 Å². The van der Waals surface area contributed by atoms with Crippen LogP contribution in [0.25, 0.3) is 0 Å². The molecule has 0 unspecified atom stereocenters. The minimum absolute atomic E-state index is 0.0343. The lowest BCUT2D eigenvalue weighted by Crippen LogP contribution is -2.47. The second kappa shape index (κ2) is 11.0. The molecule has 0 spiro atoms. The Labute approximate surface area is 214 Å². The fraction of sp³-hybridized carbons (Fsp3) is 0.536. The number of nitrogens with one attached hydrogen (secondary N) is 1. The Balaban J connectivity index is 1.26. The van der Waals surface area contributed by atoms with Crippen molar-refractivity contribution in [2.45, 2.75) is 51.8 Å². The Hall–Kier alpha value is -2.97. The number of amides is 1. The van der Waals surface area contributed by atoms with Crippen molar-refractivity contribution in [1.82, 2.24) is 19.8 Å². The summed E-state index contributed by atoms with van der Waals surface area (Å²) < 4.78 is 5.19. The van der Waals surface area contributed by atoms with E-state index in [0.717, 1.165) is 44.2 Å². The largest absolute Gasteiger partial charge is 0.444 e. The van der Waals surface area contributed by atoms with Crippen molar-refractivity contribution in [3.63, 3.8) is 0 Å². The number of anilines is 2. The van der Waals surface area contributed by atoms with Crippen LogP contribution in [0.15, 0.2) is 43.1 Å². The first kappa shape index (κ1) is 24.7. The van der Waals surface area contributed by atoms with Crippen molar-refractivity contribution in [1.29, 1.82) is 0 Å². The predicted molar refractivity (Wildman–Crippen MR) is 142 cm³/mol. The van der Waals surface area contributed by atoms with E-state index in [2.05, 4.69) is 62.9 Å². The van der Waals surface area contributed by atoms with Gasteiger partial charge in [-0.3, -0.25) is 14.7 Å². The molecule has 2 aromatic rings. The summed E-state index contributed by atoms with van der Waals surface area (Å²) in [6.07, 6.45) is 7.40. The Morgan fingerprint density at radius 1 is 1.17 bits per heavy atom. The second-order valence-electron chi connectivity index (χ2n) is 10.2. The average molecular weight is 491 g/mol. The number of hydrogen-bond acceptors (Lipinski definition) is 7. The van der Waals surface area contributed by atoms with Crippen molar-refractivity contribution in [3.8, 4) is 0 Å². The molecule has 3 heterocycles. The van der Waals surface area contributed by atoms with Crippen LogP contribution in [0.5, 0.6) is 0 Å². The number of cyclic esters (lactones) is 1. The van der Waals surface area contributed by atoms with E-state index in [4.69, 9.17) is 4.74 Å². The zero-order valence-corrected chi connectivity index (χ0v) is 21.5. The van der Waals surface area contributed by atoms with Crippen molar-refractivity contribution in [2.24, 2.45) is 5.92 Å². The molecule has 8 nitrogen and oxygen atoms in total. The van der Waals surface area contributed by atoms with E-state index in [1.807, 2.05) is 13.0 Å². The van der Waals surface area contributed by atoms with Gasteiger partial charge in [0.15, 0.2) is 0 Å². The van der Waals surface area contributed by atoms with Gasteiger partial charge in [-0.1, -0.05) is 43.2 Å². The minimum Gasteiger partial charge on any atom is -0.444 e. The first-order valence-corrected chi connectivity index (χ1v) is 13.3. The van der Waals surface area contributed by atoms with Crippen LogP contribution in [-0.4, -0.2) is 65.1 Å². The molecule has 1 saturated heterocycles. The lowest BCUT2D eigenvalue weighted by Gasteiger charge is -2.39. The van der Waals surface area contributed by atoms with Crippen molar-refractivity contribution in [2.75, 3.05) is 49.5 Å². The van der Waals surface area contributed by atoms with E-state index in [9.17, 15) is 4.79 Å². The summed E-state index contributed by atoms with van der Waals surface area (Å²) in [5, 5.41) is 3.41. The lowest BCUT2D eigenvalue weighted by molar-refractivity contribution is 0.0959. The highest BCUT2D eigenvalue weighted by atomic mass is 16.6. The highest BCUT2D eigenvalue weighted by molar-refractivity contribution is 5.89. The number of ether oxygens (including phenoxy) is 1. The number of aromatic nitrogens is 2.